The van der Waals surface area contributed by atoms with Crippen molar-refractivity contribution in [2.24, 2.45) is 5.92 Å². The molecular weight excluding hydrogens is 276 g/mol. The van der Waals surface area contributed by atoms with Gasteiger partial charge in [-0.05, 0) is 12.5 Å². The number of esters is 1. The number of Topliss-reactive ketones (excluding diaryl/α,β-unsaturated/α-hetero) is 4. The van der Waals surface area contributed by atoms with Crippen molar-refractivity contribution in [1.29, 1.82) is 0 Å². The molecule has 21 heavy (non-hydrogen) atoms. The lowest BCUT2D eigenvalue weighted by Crippen LogP contribution is -2.33. The molecule has 0 heterocycles. The minimum Gasteiger partial charge on any atom is -0.460 e. The molecule has 0 spiro atoms. The van der Waals surface area contributed by atoms with Crippen LogP contribution in [0, 0.1) is 5.92 Å². The first-order valence-corrected chi connectivity index (χ1v) is 6.36. The Morgan fingerprint density at radius 3 is 2.24 bits per heavy atom. The van der Waals surface area contributed by atoms with Gasteiger partial charge in [-0.1, -0.05) is 30.3 Å². The van der Waals surface area contributed by atoms with Crippen LogP contribution in [-0.4, -0.2) is 35.7 Å². The fourth-order valence-electron chi connectivity index (χ4n) is 2.24. The van der Waals surface area contributed by atoms with Crippen molar-refractivity contribution < 1.29 is 28.7 Å². The van der Waals surface area contributed by atoms with E-state index in [9.17, 15) is 24.0 Å². The molecule has 0 aromatic heterocycles. The maximum Gasteiger partial charge on any atom is 0.375 e. The molecule has 0 saturated heterocycles. The first-order chi connectivity index (χ1) is 9.99. The zero-order valence-corrected chi connectivity index (χ0v) is 11.2. The van der Waals surface area contributed by atoms with Gasteiger partial charge in [0.25, 0.3) is 5.78 Å². The number of benzene rings is 1. The average molecular weight is 288 g/mol. The van der Waals surface area contributed by atoms with Crippen molar-refractivity contribution in [1.82, 2.24) is 0 Å². The van der Waals surface area contributed by atoms with Crippen LogP contribution in [0.2, 0.25) is 0 Å². The maximum absolute atomic E-state index is 12.2. The Morgan fingerprint density at radius 1 is 1.05 bits per heavy atom. The quantitative estimate of drug-likeness (QED) is 0.447. The summed E-state index contributed by atoms with van der Waals surface area (Å²) in [6.45, 7) is 1.43. The smallest absolute Gasteiger partial charge is 0.375 e. The van der Waals surface area contributed by atoms with Crippen molar-refractivity contribution in [2.45, 2.75) is 12.8 Å². The largest absolute Gasteiger partial charge is 0.460 e. The molecule has 2 atom stereocenters. The number of ether oxygens (including phenoxy) is 1. The van der Waals surface area contributed by atoms with E-state index in [1.807, 2.05) is 0 Å². The van der Waals surface area contributed by atoms with Crippen LogP contribution in [0.5, 0.6) is 0 Å². The summed E-state index contributed by atoms with van der Waals surface area (Å²) in [6, 6.07) is 7.95. The van der Waals surface area contributed by atoms with Crippen molar-refractivity contribution in [2.75, 3.05) is 6.61 Å². The molecule has 0 amide bonds. The number of ketones is 4. The lowest BCUT2D eigenvalue weighted by Gasteiger charge is -2.07. The fourth-order valence-corrected chi connectivity index (χ4v) is 2.24. The number of carbonyl (C=O) groups excluding carboxylic acids is 5. The van der Waals surface area contributed by atoms with E-state index in [1.165, 1.54) is 19.1 Å². The Balaban J connectivity index is 2.33. The highest BCUT2D eigenvalue weighted by Gasteiger charge is 2.54. The van der Waals surface area contributed by atoms with Gasteiger partial charge in [-0.2, -0.15) is 0 Å². The molecule has 1 saturated carbocycles. The van der Waals surface area contributed by atoms with E-state index in [-0.39, 0.29) is 6.61 Å². The SMILES string of the molecule is CCOC(=O)C(=O)C1C(=O)C(=O)C(c2ccccc2)C1=O. The average Bonchev–Trinajstić information content (AvgIpc) is 2.70. The van der Waals surface area contributed by atoms with Crippen molar-refractivity contribution in [3.8, 4) is 0 Å². The normalized spacial score (nSPS) is 21.5. The number of hydrogen-bond acceptors (Lipinski definition) is 6. The topological polar surface area (TPSA) is 94.6 Å². The monoisotopic (exact) mass is 288 g/mol. The summed E-state index contributed by atoms with van der Waals surface area (Å²) in [5.74, 6) is -8.72. The van der Waals surface area contributed by atoms with E-state index in [0.717, 1.165) is 0 Å². The second-order valence-corrected chi connectivity index (χ2v) is 4.49. The molecule has 1 aromatic carbocycles. The number of carbonyl (C=O) groups is 5. The fraction of sp³-hybridized carbons (Fsp3) is 0.267. The van der Waals surface area contributed by atoms with E-state index in [1.54, 1.807) is 18.2 Å². The molecule has 1 fully saturated rings. The predicted molar refractivity (Wildman–Crippen MR) is 69.3 cm³/mol. The Bertz CT molecular complexity index is 631. The summed E-state index contributed by atoms with van der Waals surface area (Å²) < 4.78 is 4.48. The van der Waals surface area contributed by atoms with Gasteiger partial charge in [-0.15, -0.1) is 0 Å². The van der Waals surface area contributed by atoms with Gasteiger partial charge in [0.1, 0.15) is 5.92 Å². The lowest BCUT2D eigenvalue weighted by molar-refractivity contribution is -0.157. The number of hydrogen-bond donors (Lipinski definition) is 0. The highest BCUT2D eigenvalue weighted by molar-refractivity contribution is 6.61. The maximum atomic E-state index is 12.2. The molecule has 108 valence electrons. The summed E-state index contributed by atoms with van der Waals surface area (Å²) in [6.07, 6.45) is 0. The van der Waals surface area contributed by atoms with Crippen LogP contribution >= 0.6 is 0 Å². The van der Waals surface area contributed by atoms with Gasteiger partial charge >= 0.3 is 5.97 Å². The van der Waals surface area contributed by atoms with E-state index < -0.39 is 40.9 Å². The van der Waals surface area contributed by atoms with Gasteiger partial charge in [0, 0.05) is 0 Å². The highest BCUT2D eigenvalue weighted by atomic mass is 16.5. The molecule has 6 heteroatoms. The first-order valence-electron chi connectivity index (χ1n) is 6.36. The molecule has 0 bridgehead atoms. The lowest BCUT2D eigenvalue weighted by atomic mass is 9.93. The van der Waals surface area contributed by atoms with Crippen LogP contribution in [-0.2, 0) is 28.7 Å². The Kier molecular flexibility index (Phi) is 4.07. The third-order valence-electron chi connectivity index (χ3n) is 3.21. The van der Waals surface area contributed by atoms with Crippen molar-refractivity contribution in [3.63, 3.8) is 0 Å². The zero-order chi connectivity index (χ0) is 15.6. The van der Waals surface area contributed by atoms with Crippen molar-refractivity contribution in [3.05, 3.63) is 35.9 Å². The van der Waals surface area contributed by atoms with Crippen LogP contribution in [0.15, 0.2) is 30.3 Å². The van der Waals surface area contributed by atoms with Gasteiger partial charge in [0.15, 0.2) is 11.7 Å². The molecule has 1 aromatic rings. The molecule has 0 aliphatic heterocycles. The van der Waals surface area contributed by atoms with E-state index in [4.69, 9.17) is 0 Å². The summed E-state index contributed by atoms with van der Waals surface area (Å²) in [7, 11) is 0. The van der Waals surface area contributed by atoms with Crippen LogP contribution in [0.4, 0.5) is 0 Å². The van der Waals surface area contributed by atoms with E-state index in [2.05, 4.69) is 4.74 Å². The van der Waals surface area contributed by atoms with Crippen molar-refractivity contribution >= 4 is 29.1 Å². The predicted octanol–water partition coefficient (Wildman–Crippen LogP) is 0.239. The van der Waals surface area contributed by atoms with Gasteiger partial charge in [0.2, 0.25) is 11.6 Å². The Labute approximate surface area is 120 Å². The minimum atomic E-state index is -1.87. The third-order valence-corrected chi connectivity index (χ3v) is 3.21. The van der Waals surface area contributed by atoms with E-state index >= 15 is 0 Å². The third kappa shape index (κ3) is 2.52. The minimum absolute atomic E-state index is 0.0598. The van der Waals surface area contributed by atoms with Gasteiger partial charge in [-0.25, -0.2) is 4.79 Å². The van der Waals surface area contributed by atoms with Gasteiger partial charge in [0.05, 0.1) is 6.61 Å². The molecule has 0 N–H and O–H groups in total. The Hall–Kier alpha value is -2.63. The molecule has 0 radical (unpaired) electrons. The molecule has 2 rings (SSSR count). The highest BCUT2D eigenvalue weighted by Crippen LogP contribution is 2.30. The molecule has 1 aliphatic rings. The summed E-state index contributed by atoms with van der Waals surface area (Å²) >= 11 is 0. The standard InChI is InChI=1S/C15H12O6/c1-2-21-15(20)14(19)10-11(16)9(12(17)13(10)18)8-6-4-3-5-7-8/h3-7,9-10H,2H2,1H3. The van der Waals surface area contributed by atoms with Gasteiger partial charge in [-0.3, -0.25) is 19.2 Å². The molecule has 6 nitrogen and oxygen atoms in total. The molecule has 1 aliphatic carbocycles. The molecular formula is C15H12O6. The molecule has 2 unspecified atom stereocenters. The summed E-state index contributed by atoms with van der Waals surface area (Å²) in [5.41, 5.74) is 0.333. The van der Waals surface area contributed by atoms with Crippen LogP contribution in [0.1, 0.15) is 18.4 Å². The zero-order valence-electron chi connectivity index (χ0n) is 11.2. The summed E-state index contributed by atoms with van der Waals surface area (Å²) in [5, 5.41) is 0. The number of rotatable bonds is 4. The van der Waals surface area contributed by atoms with Crippen LogP contribution in [0.25, 0.3) is 0 Å². The van der Waals surface area contributed by atoms with Crippen LogP contribution < -0.4 is 0 Å². The summed E-state index contributed by atoms with van der Waals surface area (Å²) in [4.78, 5) is 59.2. The van der Waals surface area contributed by atoms with Gasteiger partial charge < -0.3 is 4.74 Å². The van der Waals surface area contributed by atoms with E-state index in [0.29, 0.717) is 5.56 Å². The first kappa shape index (κ1) is 14.8. The second kappa shape index (κ2) is 5.78. The van der Waals surface area contributed by atoms with Crippen LogP contribution in [0.3, 0.4) is 0 Å². The second-order valence-electron chi connectivity index (χ2n) is 4.49. The Morgan fingerprint density at radius 2 is 1.67 bits per heavy atom.